The fourth-order valence-electron chi connectivity index (χ4n) is 3.26. The molecule has 0 aromatic heterocycles. The summed E-state index contributed by atoms with van der Waals surface area (Å²) >= 11 is 0. The third-order valence-corrected chi connectivity index (χ3v) is 5.31. The topological polar surface area (TPSA) is 99.2 Å². The number of nitrogens with zero attached hydrogens (tertiary/aromatic N) is 2. The number of carbonyl (C=O) groups is 2. The van der Waals surface area contributed by atoms with Crippen molar-refractivity contribution in [3.8, 4) is 6.07 Å². The SMILES string of the molecule is CC(C)(CN)CN(Cc1ccccc1NC(=O)c1ccc(C#N)cc1)C(=O)C1CC1. The minimum Gasteiger partial charge on any atom is -0.337 e. The van der Waals surface area contributed by atoms with E-state index in [1.165, 1.54) is 0 Å². The van der Waals surface area contributed by atoms with Gasteiger partial charge in [0, 0.05) is 30.3 Å². The number of anilines is 1. The van der Waals surface area contributed by atoms with Gasteiger partial charge in [-0.05, 0) is 60.7 Å². The molecule has 0 saturated heterocycles. The maximum atomic E-state index is 12.9. The highest BCUT2D eigenvalue weighted by atomic mass is 16.2. The lowest BCUT2D eigenvalue weighted by molar-refractivity contribution is -0.134. The summed E-state index contributed by atoms with van der Waals surface area (Å²) in [5, 5.41) is 11.9. The lowest BCUT2D eigenvalue weighted by atomic mass is 9.92. The molecule has 2 aromatic carbocycles. The minimum absolute atomic E-state index is 0.110. The van der Waals surface area contributed by atoms with Gasteiger partial charge in [-0.3, -0.25) is 9.59 Å². The average Bonchev–Trinajstić information content (AvgIpc) is 3.59. The van der Waals surface area contributed by atoms with E-state index in [2.05, 4.69) is 19.2 Å². The van der Waals surface area contributed by atoms with Crippen LogP contribution in [0.3, 0.4) is 0 Å². The number of rotatable bonds is 8. The zero-order chi connectivity index (χ0) is 21.7. The highest BCUT2D eigenvalue weighted by molar-refractivity contribution is 6.04. The second kappa shape index (κ2) is 9.10. The first-order valence-corrected chi connectivity index (χ1v) is 10.2. The lowest BCUT2D eigenvalue weighted by Crippen LogP contribution is -2.42. The number of amides is 2. The molecule has 0 atom stereocenters. The Kier molecular flexibility index (Phi) is 6.53. The first-order valence-electron chi connectivity index (χ1n) is 10.2. The van der Waals surface area contributed by atoms with Gasteiger partial charge in [0.25, 0.3) is 5.91 Å². The van der Waals surface area contributed by atoms with E-state index < -0.39 is 0 Å². The molecular formula is C24H28N4O2. The fraction of sp³-hybridized carbons (Fsp3) is 0.375. The highest BCUT2D eigenvalue weighted by Gasteiger charge is 2.35. The summed E-state index contributed by atoms with van der Waals surface area (Å²) in [6.07, 6.45) is 1.88. The van der Waals surface area contributed by atoms with Crippen molar-refractivity contribution in [3.63, 3.8) is 0 Å². The number of para-hydroxylation sites is 1. The summed E-state index contributed by atoms with van der Waals surface area (Å²) in [5.74, 6) is 0.0121. The van der Waals surface area contributed by atoms with Gasteiger partial charge >= 0.3 is 0 Å². The number of nitrogens with one attached hydrogen (secondary N) is 1. The van der Waals surface area contributed by atoms with Crippen LogP contribution in [0, 0.1) is 22.7 Å². The average molecular weight is 405 g/mol. The molecule has 6 heteroatoms. The summed E-state index contributed by atoms with van der Waals surface area (Å²) in [6.45, 7) is 5.58. The third kappa shape index (κ3) is 5.46. The molecule has 30 heavy (non-hydrogen) atoms. The Balaban J connectivity index is 1.79. The van der Waals surface area contributed by atoms with Gasteiger partial charge < -0.3 is 16.0 Å². The zero-order valence-electron chi connectivity index (χ0n) is 17.5. The van der Waals surface area contributed by atoms with Crippen molar-refractivity contribution in [2.24, 2.45) is 17.1 Å². The Morgan fingerprint density at radius 3 is 2.43 bits per heavy atom. The van der Waals surface area contributed by atoms with Gasteiger partial charge in [-0.15, -0.1) is 0 Å². The van der Waals surface area contributed by atoms with E-state index >= 15 is 0 Å². The normalized spacial score (nSPS) is 13.4. The van der Waals surface area contributed by atoms with Crippen LogP contribution in [0.15, 0.2) is 48.5 Å². The van der Waals surface area contributed by atoms with E-state index in [4.69, 9.17) is 11.0 Å². The number of benzene rings is 2. The van der Waals surface area contributed by atoms with E-state index in [-0.39, 0.29) is 23.1 Å². The van der Waals surface area contributed by atoms with Gasteiger partial charge in [-0.1, -0.05) is 32.0 Å². The molecular weight excluding hydrogens is 376 g/mol. The summed E-state index contributed by atoms with van der Waals surface area (Å²) in [7, 11) is 0. The highest BCUT2D eigenvalue weighted by Crippen LogP contribution is 2.33. The van der Waals surface area contributed by atoms with E-state index in [1.807, 2.05) is 35.2 Å². The van der Waals surface area contributed by atoms with Crippen LogP contribution in [0.4, 0.5) is 5.69 Å². The van der Waals surface area contributed by atoms with Crippen LogP contribution in [0.2, 0.25) is 0 Å². The Labute approximate surface area is 177 Å². The molecule has 0 heterocycles. The standard InChI is InChI=1S/C24H28N4O2/c1-24(2,15-26)16-28(23(30)19-11-12-19)14-20-5-3-4-6-21(20)27-22(29)18-9-7-17(13-25)8-10-18/h3-10,19H,11-12,14-16,26H2,1-2H3,(H,27,29). The molecule has 2 aromatic rings. The minimum atomic E-state index is -0.255. The van der Waals surface area contributed by atoms with Crippen LogP contribution in [0.25, 0.3) is 0 Å². The quantitative estimate of drug-likeness (QED) is 0.703. The molecule has 0 aliphatic heterocycles. The number of carbonyl (C=O) groups excluding carboxylic acids is 2. The van der Waals surface area contributed by atoms with Gasteiger partial charge in [0.15, 0.2) is 0 Å². The van der Waals surface area contributed by atoms with E-state index in [0.717, 1.165) is 18.4 Å². The predicted octanol–water partition coefficient (Wildman–Crippen LogP) is 3.53. The van der Waals surface area contributed by atoms with Crippen molar-refractivity contribution >= 4 is 17.5 Å². The van der Waals surface area contributed by atoms with Gasteiger partial charge in [0.05, 0.1) is 11.6 Å². The Morgan fingerprint density at radius 1 is 1.17 bits per heavy atom. The van der Waals surface area contributed by atoms with Crippen LogP contribution in [-0.4, -0.2) is 29.8 Å². The van der Waals surface area contributed by atoms with Gasteiger partial charge in [-0.2, -0.15) is 5.26 Å². The third-order valence-electron chi connectivity index (χ3n) is 5.31. The summed E-state index contributed by atoms with van der Waals surface area (Å²) in [6, 6.07) is 16.1. The van der Waals surface area contributed by atoms with Gasteiger partial charge in [0.1, 0.15) is 0 Å². The molecule has 156 valence electrons. The maximum Gasteiger partial charge on any atom is 0.255 e. The van der Waals surface area contributed by atoms with Crippen LogP contribution in [0.5, 0.6) is 0 Å². The van der Waals surface area contributed by atoms with E-state index in [0.29, 0.717) is 36.4 Å². The molecule has 0 radical (unpaired) electrons. The Hall–Kier alpha value is -3.17. The second-order valence-corrected chi connectivity index (χ2v) is 8.64. The number of nitrogens with two attached hydrogens (primary N) is 1. The van der Waals surface area contributed by atoms with Gasteiger partial charge in [0.2, 0.25) is 5.91 Å². The van der Waals surface area contributed by atoms with Crippen molar-refractivity contribution in [3.05, 3.63) is 65.2 Å². The van der Waals surface area contributed by atoms with Crippen LogP contribution < -0.4 is 11.1 Å². The molecule has 0 unspecified atom stereocenters. The molecule has 6 nitrogen and oxygen atoms in total. The van der Waals surface area contributed by atoms with Crippen LogP contribution >= 0.6 is 0 Å². The van der Waals surface area contributed by atoms with Crippen molar-refractivity contribution in [1.82, 2.24) is 4.90 Å². The fourth-order valence-corrected chi connectivity index (χ4v) is 3.26. The first kappa shape index (κ1) is 21.5. The van der Waals surface area contributed by atoms with Crippen molar-refractivity contribution < 1.29 is 9.59 Å². The lowest BCUT2D eigenvalue weighted by Gasteiger charge is -2.32. The molecule has 1 saturated carbocycles. The van der Waals surface area contributed by atoms with Crippen molar-refractivity contribution in [2.75, 3.05) is 18.4 Å². The Morgan fingerprint density at radius 2 is 1.83 bits per heavy atom. The van der Waals surface area contributed by atoms with Crippen LogP contribution in [-0.2, 0) is 11.3 Å². The summed E-state index contributed by atoms with van der Waals surface area (Å²) in [5.41, 5.74) is 8.24. The predicted molar refractivity (Wildman–Crippen MR) is 117 cm³/mol. The number of hydrogen-bond donors (Lipinski definition) is 2. The maximum absolute atomic E-state index is 12.9. The van der Waals surface area contributed by atoms with Gasteiger partial charge in [-0.25, -0.2) is 0 Å². The molecule has 0 spiro atoms. The monoisotopic (exact) mass is 404 g/mol. The smallest absolute Gasteiger partial charge is 0.255 e. The molecule has 2 amide bonds. The molecule has 3 rings (SSSR count). The summed E-state index contributed by atoms with van der Waals surface area (Å²) < 4.78 is 0. The number of hydrogen-bond acceptors (Lipinski definition) is 4. The number of nitriles is 1. The first-order chi connectivity index (χ1) is 14.3. The Bertz CT molecular complexity index is 956. The van der Waals surface area contributed by atoms with E-state index in [9.17, 15) is 9.59 Å². The summed E-state index contributed by atoms with van der Waals surface area (Å²) in [4.78, 5) is 27.5. The van der Waals surface area contributed by atoms with Crippen LogP contribution in [0.1, 0.15) is 48.2 Å². The molecule has 3 N–H and O–H groups in total. The molecule has 1 aliphatic carbocycles. The largest absolute Gasteiger partial charge is 0.337 e. The van der Waals surface area contributed by atoms with Crippen molar-refractivity contribution in [1.29, 1.82) is 5.26 Å². The second-order valence-electron chi connectivity index (χ2n) is 8.64. The van der Waals surface area contributed by atoms with E-state index in [1.54, 1.807) is 24.3 Å². The molecule has 1 fully saturated rings. The molecule has 0 bridgehead atoms. The zero-order valence-corrected chi connectivity index (χ0v) is 17.5. The molecule has 1 aliphatic rings. The van der Waals surface area contributed by atoms with Crippen molar-refractivity contribution in [2.45, 2.75) is 33.2 Å².